The number of hydrogen-bond donors (Lipinski definition) is 1. The zero-order valence-electron chi connectivity index (χ0n) is 11.4. The smallest absolute Gasteiger partial charge is 0.425 e. The number of alkyl halides is 3. The average molecular weight is 292 g/mol. The Hall–Kier alpha value is -0.780. The molecule has 0 radical (unpaired) electrons. The fourth-order valence-corrected chi connectivity index (χ4v) is 4.81. The van der Waals surface area contributed by atoms with Crippen LogP contribution in [0.1, 0.15) is 45.4 Å². The molecule has 3 atom stereocenters. The first-order chi connectivity index (χ1) is 9.12. The van der Waals surface area contributed by atoms with E-state index in [1.807, 2.05) is 0 Å². The third-order valence-corrected chi connectivity index (χ3v) is 5.21. The van der Waals surface area contributed by atoms with Crippen molar-refractivity contribution in [2.45, 2.75) is 63.3 Å². The minimum atomic E-state index is -4.53. The maximum Gasteiger partial charge on any atom is 0.425 e. The van der Waals surface area contributed by atoms with Crippen molar-refractivity contribution in [2.24, 2.45) is 17.3 Å². The summed E-state index contributed by atoms with van der Waals surface area (Å²) in [6, 6.07) is 0. The van der Waals surface area contributed by atoms with E-state index >= 15 is 0 Å². The van der Waals surface area contributed by atoms with Gasteiger partial charge in [0.1, 0.15) is 0 Å². The van der Waals surface area contributed by atoms with E-state index in [4.69, 9.17) is 0 Å². The van der Waals surface area contributed by atoms with Gasteiger partial charge in [0.15, 0.2) is 6.10 Å². The van der Waals surface area contributed by atoms with Crippen molar-refractivity contribution in [3.63, 3.8) is 0 Å². The summed E-state index contributed by atoms with van der Waals surface area (Å²) in [5, 5.41) is 10.5. The van der Waals surface area contributed by atoms with E-state index in [2.05, 4.69) is 4.74 Å². The minimum absolute atomic E-state index is 0.245. The molecule has 0 amide bonds. The molecule has 0 heterocycles. The van der Waals surface area contributed by atoms with Crippen LogP contribution in [0.3, 0.4) is 0 Å². The number of aliphatic hydroxyl groups is 1. The standard InChI is InChI=1S/C14H19F3O3/c1-8(14(15,16)17)20-11(18)12-3-9-2-10(4-12)6-13(19,5-9)7-12/h8-10,19H,2-7H2,1H3. The van der Waals surface area contributed by atoms with E-state index < -0.39 is 29.3 Å². The number of ether oxygens (including phenoxy) is 1. The van der Waals surface area contributed by atoms with Gasteiger partial charge in [-0.25, -0.2) is 0 Å². The lowest BCUT2D eigenvalue weighted by atomic mass is 9.48. The highest BCUT2D eigenvalue weighted by Crippen LogP contribution is 2.62. The second-order valence-electron chi connectivity index (χ2n) is 7.05. The third kappa shape index (κ3) is 2.22. The lowest BCUT2D eigenvalue weighted by molar-refractivity contribution is -0.234. The predicted octanol–water partition coefficient (Wildman–Crippen LogP) is 2.81. The van der Waals surface area contributed by atoms with Crippen LogP contribution in [-0.2, 0) is 9.53 Å². The van der Waals surface area contributed by atoms with Crippen molar-refractivity contribution in [1.82, 2.24) is 0 Å². The molecule has 4 bridgehead atoms. The molecule has 0 spiro atoms. The van der Waals surface area contributed by atoms with Crippen LogP contribution in [0.2, 0.25) is 0 Å². The van der Waals surface area contributed by atoms with Crippen molar-refractivity contribution in [1.29, 1.82) is 0 Å². The molecular weight excluding hydrogens is 273 g/mol. The Labute approximate surface area is 115 Å². The lowest BCUT2D eigenvalue weighted by Gasteiger charge is -2.58. The van der Waals surface area contributed by atoms with Crippen LogP contribution in [0, 0.1) is 17.3 Å². The van der Waals surface area contributed by atoms with E-state index in [9.17, 15) is 23.1 Å². The molecule has 0 aliphatic heterocycles. The van der Waals surface area contributed by atoms with Gasteiger partial charge in [0, 0.05) is 0 Å². The van der Waals surface area contributed by atoms with Crippen LogP contribution in [0.15, 0.2) is 0 Å². The molecule has 4 fully saturated rings. The number of halogens is 3. The second-order valence-corrected chi connectivity index (χ2v) is 7.05. The summed E-state index contributed by atoms with van der Waals surface area (Å²) in [4.78, 5) is 12.3. The van der Waals surface area contributed by atoms with Crippen molar-refractivity contribution < 1.29 is 27.8 Å². The SMILES string of the molecule is CC(OC(=O)C12CC3CC(CC(O)(C3)C1)C2)C(F)(F)F. The van der Waals surface area contributed by atoms with Gasteiger partial charge in [-0.15, -0.1) is 0 Å². The zero-order valence-corrected chi connectivity index (χ0v) is 11.4. The summed E-state index contributed by atoms with van der Waals surface area (Å²) in [6.45, 7) is 0.854. The number of rotatable bonds is 2. The molecule has 3 unspecified atom stereocenters. The first-order valence-electron chi connectivity index (χ1n) is 7.12. The Kier molecular flexibility index (Phi) is 2.92. The average Bonchev–Trinajstić information content (AvgIpc) is 2.23. The van der Waals surface area contributed by atoms with Crippen molar-refractivity contribution >= 4 is 5.97 Å². The van der Waals surface area contributed by atoms with Gasteiger partial charge in [0.25, 0.3) is 0 Å². The van der Waals surface area contributed by atoms with Crippen LogP contribution >= 0.6 is 0 Å². The Morgan fingerprint density at radius 3 is 2.25 bits per heavy atom. The van der Waals surface area contributed by atoms with E-state index in [1.54, 1.807) is 0 Å². The number of carbonyl (C=O) groups excluding carboxylic acids is 1. The first kappa shape index (κ1) is 14.2. The van der Waals surface area contributed by atoms with E-state index in [0.29, 0.717) is 25.7 Å². The summed E-state index contributed by atoms with van der Waals surface area (Å²) in [6.07, 6.45) is -2.90. The van der Waals surface area contributed by atoms with E-state index in [-0.39, 0.29) is 18.3 Å². The van der Waals surface area contributed by atoms with Crippen LogP contribution in [0.4, 0.5) is 13.2 Å². The second kappa shape index (κ2) is 4.12. The van der Waals surface area contributed by atoms with Gasteiger partial charge in [0.2, 0.25) is 0 Å². The van der Waals surface area contributed by atoms with Crippen LogP contribution in [-0.4, -0.2) is 29.0 Å². The zero-order chi connectivity index (χ0) is 14.8. The van der Waals surface area contributed by atoms with Gasteiger partial charge in [-0.1, -0.05) is 0 Å². The Balaban J connectivity index is 1.78. The van der Waals surface area contributed by atoms with Gasteiger partial charge in [-0.2, -0.15) is 13.2 Å². The molecule has 6 heteroatoms. The molecule has 4 aliphatic rings. The first-order valence-corrected chi connectivity index (χ1v) is 7.12. The van der Waals surface area contributed by atoms with Crippen molar-refractivity contribution in [3.8, 4) is 0 Å². The number of hydrogen-bond acceptors (Lipinski definition) is 3. The quantitative estimate of drug-likeness (QED) is 0.796. The fraction of sp³-hybridized carbons (Fsp3) is 0.929. The van der Waals surface area contributed by atoms with Crippen molar-refractivity contribution in [3.05, 3.63) is 0 Å². The molecule has 0 aromatic heterocycles. The minimum Gasteiger partial charge on any atom is -0.453 e. The molecular formula is C14H19F3O3. The molecule has 0 aromatic carbocycles. The predicted molar refractivity (Wildman–Crippen MR) is 63.7 cm³/mol. The summed E-state index contributed by atoms with van der Waals surface area (Å²) in [5.74, 6) is -0.278. The molecule has 1 N–H and O–H groups in total. The van der Waals surface area contributed by atoms with Gasteiger partial charge in [-0.05, 0) is 57.3 Å². The highest BCUT2D eigenvalue weighted by atomic mass is 19.4. The Bertz CT molecular complexity index is 418. The number of esters is 1. The molecule has 4 saturated carbocycles. The molecule has 0 aromatic rings. The molecule has 4 rings (SSSR count). The normalized spacial score (nSPS) is 44.5. The molecule has 20 heavy (non-hydrogen) atoms. The van der Waals surface area contributed by atoms with Gasteiger partial charge in [0.05, 0.1) is 11.0 Å². The monoisotopic (exact) mass is 292 g/mol. The largest absolute Gasteiger partial charge is 0.453 e. The number of carbonyl (C=O) groups is 1. The van der Waals surface area contributed by atoms with Crippen LogP contribution < -0.4 is 0 Å². The molecule has 114 valence electrons. The molecule has 4 aliphatic carbocycles. The van der Waals surface area contributed by atoms with Crippen LogP contribution in [0.5, 0.6) is 0 Å². The summed E-state index contributed by atoms with van der Waals surface area (Å²) in [7, 11) is 0. The Morgan fingerprint density at radius 1 is 1.25 bits per heavy atom. The Morgan fingerprint density at radius 2 is 1.80 bits per heavy atom. The van der Waals surface area contributed by atoms with Crippen LogP contribution in [0.25, 0.3) is 0 Å². The van der Waals surface area contributed by atoms with Gasteiger partial charge >= 0.3 is 12.1 Å². The molecule has 0 saturated heterocycles. The maximum atomic E-state index is 12.5. The molecule has 3 nitrogen and oxygen atoms in total. The van der Waals surface area contributed by atoms with E-state index in [0.717, 1.165) is 13.3 Å². The topological polar surface area (TPSA) is 46.5 Å². The fourth-order valence-electron chi connectivity index (χ4n) is 4.81. The van der Waals surface area contributed by atoms with E-state index in [1.165, 1.54) is 0 Å². The summed E-state index contributed by atoms with van der Waals surface area (Å²) >= 11 is 0. The van der Waals surface area contributed by atoms with Gasteiger partial charge < -0.3 is 9.84 Å². The van der Waals surface area contributed by atoms with Crippen molar-refractivity contribution in [2.75, 3.05) is 0 Å². The summed E-state index contributed by atoms with van der Waals surface area (Å²) < 4.78 is 42.3. The highest BCUT2D eigenvalue weighted by Gasteiger charge is 2.61. The highest BCUT2D eigenvalue weighted by molar-refractivity contribution is 5.78. The summed E-state index contributed by atoms with van der Waals surface area (Å²) in [5.41, 5.74) is -1.76. The maximum absolute atomic E-state index is 12.5. The van der Waals surface area contributed by atoms with Gasteiger partial charge in [-0.3, -0.25) is 4.79 Å². The third-order valence-electron chi connectivity index (χ3n) is 5.21. The lowest BCUT2D eigenvalue weighted by Crippen LogP contribution is -2.59.